The lowest BCUT2D eigenvalue weighted by atomic mass is 10.2. The van der Waals surface area contributed by atoms with Gasteiger partial charge in [0.25, 0.3) is 0 Å². The summed E-state index contributed by atoms with van der Waals surface area (Å²) in [4.78, 5) is 1.36. The van der Waals surface area contributed by atoms with Crippen molar-refractivity contribution in [3.63, 3.8) is 0 Å². The summed E-state index contributed by atoms with van der Waals surface area (Å²) in [5.41, 5.74) is 0. The first-order valence-electron chi connectivity index (χ1n) is 5.64. The zero-order valence-electron chi connectivity index (χ0n) is 9.69. The van der Waals surface area contributed by atoms with Gasteiger partial charge in [0.15, 0.2) is 0 Å². The van der Waals surface area contributed by atoms with Crippen molar-refractivity contribution in [1.82, 2.24) is 5.32 Å². The molecule has 86 valence electrons. The van der Waals surface area contributed by atoms with Gasteiger partial charge < -0.3 is 9.73 Å². The SMILES string of the molecule is CCc1ccc(CNC(C)c2cccs2)o1. The molecule has 0 aromatic carbocycles. The van der Waals surface area contributed by atoms with Gasteiger partial charge in [-0.05, 0) is 30.5 Å². The molecule has 0 bridgehead atoms. The van der Waals surface area contributed by atoms with Gasteiger partial charge >= 0.3 is 0 Å². The summed E-state index contributed by atoms with van der Waals surface area (Å²) in [7, 11) is 0. The van der Waals surface area contributed by atoms with E-state index in [9.17, 15) is 0 Å². The highest BCUT2D eigenvalue weighted by Crippen LogP contribution is 2.19. The number of aryl methyl sites for hydroxylation is 1. The summed E-state index contributed by atoms with van der Waals surface area (Å²) in [6.45, 7) is 5.07. The van der Waals surface area contributed by atoms with Gasteiger partial charge in [0.2, 0.25) is 0 Å². The van der Waals surface area contributed by atoms with E-state index in [2.05, 4.69) is 36.7 Å². The van der Waals surface area contributed by atoms with Gasteiger partial charge in [-0.3, -0.25) is 0 Å². The topological polar surface area (TPSA) is 25.2 Å². The van der Waals surface area contributed by atoms with Crippen LogP contribution in [0.3, 0.4) is 0 Å². The maximum absolute atomic E-state index is 5.64. The molecule has 0 saturated heterocycles. The molecule has 2 nitrogen and oxygen atoms in total. The molecule has 2 heterocycles. The van der Waals surface area contributed by atoms with Gasteiger partial charge in [0.05, 0.1) is 6.54 Å². The van der Waals surface area contributed by atoms with E-state index in [-0.39, 0.29) is 0 Å². The van der Waals surface area contributed by atoms with E-state index in [1.165, 1.54) is 4.88 Å². The summed E-state index contributed by atoms with van der Waals surface area (Å²) >= 11 is 1.78. The van der Waals surface area contributed by atoms with Crippen molar-refractivity contribution in [3.05, 3.63) is 46.0 Å². The Labute approximate surface area is 100 Å². The maximum atomic E-state index is 5.64. The summed E-state index contributed by atoms with van der Waals surface area (Å²) in [5, 5.41) is 5.56. The van der Waals surface area contributed by atoms with E-state index in [4.69, 9.17) is 4.42 Å². The molecule has 3 heteroatoms. The molecular formula is C13H17NOS. The standard InChI is InChI=1S/C13H17NOS/c1-3-11-6-7-12(15-11)9-14-10(2)13-5-4-8-16-13/h4-8,10,14H,3,9H2,1-2H3. The largest absolute Gasteiger partial charge is 0.465 e. The monoisotopic (exact) mass is 235 g/mol. The van der Waals surface area contributed by atoms with Crippen LogP contribution in [0.2, 0.25) is 0 Å². The molecule has 0 aliphatic rings. The molecule has 0 aliphatic carbocycles. The number of furan rings is 1. The van der Waals surface area contributed by atoms with Crippen LogP contribution in [-0.2, 0) is 13.0 Å². The minimum absolute atomic E-state index is 0.384. The molecule has 0 saturated carbocycles. The number of nitrogens with one attached hydrogen (secondary N) is 1. The maximum Gasteiger partial charge on any atom is 0.117 e. The molecule has 1 N–H and O–H groups in total. The summed E-state index contributed by atoms with van der Waals surface area (Å²) < 4.78 is 5.64. The molecule has 2 rings (SSSR count). The number of hydrogen-bond acceptors (Lipinski definition) is 3. The Morgan fingerprint density at radius 3 is 2.75 bits per heavy atom. The van der Waals surface area contributed by atoms with Gasteiger partial charge in [-0.2, -0.15) is 0 Å². The summed E-state index contributed by atoms with van der Waals surface area (Å²) in [6.07, 6.45) is 0.959. The highest BCUT2D eigenvalue weighted by molar-refractivity contribution is 7.10. The van der Waals surface area contributed by atoms with E-state index in [1.54, 1.807) is 11.3 Å². The highest BCUT2D eigenvalue weighted by Gasteiger charge is 2.07. The zero-order valence-corrected chi connectivity index (χ0v) is 10.5. The number of thiophene rings is 1. The van der Waals surface area contributed by atoms with E-state index in [1.807, 2.05) is 12.1 Å². The number of hydrogen-bond donors (Lipinski definition) is 1. The third-order valence-electron chi connectivity index (χ3n) is 2.62. The van der Waals surface area contributed by atoms with Crippen molar-refractivity contribution in [2.24, 2.45) is 0 Å². The van der Waals surface area contributed by atoms with Gasteiger partial charge in [-0.1, -0.05) is 13.0 Å². The van der Waals surface area contributed by atoms with Gasteiger partial charge in [0, 0.05) is 17.3 Å². The molecule has 2 aromatic heterocycles. The smallest absolute Gasteiger partial charge is 0.117 e. The molecule has 2 aromatic rings. The Balaban J connectivity index is 1.87. The first-order chi connectivity index (χ1) is 7.79. The fraction of sp³-hybridized carbons (Fsp3) is 0.385. The van der Waals surface area contributed by atoms with Crippen molar-refractivity contribution in [3.8, 4) is 0 Å². The lowest BCUT2D eigenvalue weighted by Gasteiger charge is -2.10. The van der Waals surface area contributed by atoms with E-state index in [0.717, 1.165) is 24.5 Å². The van der Waals surface area contributed by atoms with Crippen LogP contribution in [-0.4, -0.2) is 0 Å². The molecule has 1 unspecified atom stereocenters. The third-order valence-corrected chi connectivity index (χ3v) is 3.67. The molecule has 0 amide bonds. The average molecular weight is 235 g/mol. The Bertz CT molecular complexity index is 419. The second kappa shape index (κ2) is 5.32. The molecule has 0 fully saturated rings. The fourth-order valence-corrected chi connectivity index (χ4v) is 2.36. The second-order valence-corrected chi connectivity index (χ2v) is 4.82. The Hall–Kier alpha value is -1.06. The van der Waals surface area contributed by atoms with Crippen LogP contribution in [0.15, 0.2) is 34.1 Å². The molecule has 0 radical (unpaired) electrons. The first-order valence-corrected chi connectivity index (χ1v) is 6.52. The molecule has 0 aliphatic heterocycles. The quantitative estimate of drug-likeness (QED) is 0.853. The Morgan fingerprint density at radius 2 is 2.12 bits per heavy atom. The molecule has 16 heavy (non-hydrogen) atoms. The highest BCUT2D eigenvalue weighted by atomic mass is 32.1. The first kappa shape index (κ1) is 11.4. The van der Waals surface area contributed by atoms with E-state index in [0.29, 0.717) is 6.04 Å². The van der Waals surface area contributed by atoms with Crippen molar-refractivity contribution in [2.75, 3.05) is 0 Å². The Morgan fingerprint density at radius 1 is 1.31 bits per heavy atom. The minimum atomic E-state index is 0.384. The van der Waals surface area contributed by atoms with Gasteiger partial charge in [0.1, 0.15) is 11.5 Å². The fourth-order valence-electron chi connectivity index (χ4n) is 1.60. The van der Waals surface area contributed by atoms with Crippen LogP contribution >= 0.6 is 11.3 Å². The molecule has 1 atom stereocenters. The average Bonchev–Trinajstić information content (AvgIpc) is 2.96. The van der Waals surface area contributed by atoms with Gasteiger partial charge in [-0.25, -0.2) is 0 Å². The van der Waals surface area contributed by atoms with Crippen LogP contribution in [0.5, 0.6) is 0 Å². The predicted octanol–water partition coefficient (Wildman–Crippen LogP) is 3.75. The lowest BCUT2D eigenvalue weighted by Crippen LogP contribution is -2.16. The normalized spacial score (nSPS) is 12.9. The van der Waals surface area contributed by atoms with Crippen molar-refractivity contribution in [1.29, 1.82) is 0 Å². The van der Waals surface area contributed by atoms with Gasteiger partial charge in [-0.15, -0.1) is 11.3 Å². The second-order valence-electron chi connectivity index (χ2n) is 3.84. The van der Waals surface area contributed by atoms with Crippen LogP contribution < -0.4 is 5.32 Å². The van der Waals surface area contributed by atoms with Crippen LogP contribution in [0, 0.1) is 0 Å². The number of rotatable bonds is 5. The van der Waals surface area contributed by atoms with Crippen molar-refractivity contribution < 1.29 is 4.42 Å². The zero-order chi connectivity index (χ0) is 11.4. The predicted molar refractivity (Wildman–Crippen MR) is 67.7 cm³/mol. The molecule has 0 spiro atoms. The van der Waals surface area contributed by atoms with Crippen LogP contribution in [0.25, 0.3) is 0 Å². The minimum Gasteiger partial charge on any atom is -0.465 e. The summed E-state index contributed by atoms with van der Waals surface area (Å²) in [6, 6.07) is 8.72. The van der Waals surface area contributed by atoms with Crippen LogP contribution in [0.4, 0.5) is 0 Å². The van der Waals surface area contributed by atoms with Crippen LogP contribution in [0.1, 0.15) is 36.3 Å². The van der Waals surface area contributed by atoms with Crippen molar-refractivity contribution >= 4 is 11.3 Å². The van der Waals surface area contributed by atoms with E-state index >= 15 is 0 Å². The van der Waals surface area contributed by atoms with Crippen molar-refractivity contribution in [2.45, 2.75) is 32.9 Å². The Kier molecular flexibility index (Phi) is 3.80. The summed E-state index contributed by atoms with van der Waals surface area (Å²) in [5.74, 6) is 2.07. The lowest BCUT2D eigenvalue weighted by molar-refractivity contribution is 0.436. The molecular weight excluding hydrogens is 218 g/mol. The van der Waals surface area contributed by atoms with E-state index < -0.39 is 0 Å². The third kappa shape index (κ3) is 2.74.